The quantitative estimate of drug-likeness (QED) is 0.407. The van der Waals surface area contributed by atoms with Crippen molar-refractivity contribution in [3.05, 3.63) is 88.9 Å². The number of aromatic nitrogens is 2. The highest BCUT2D eigenvalue weighted by atomic mass is 35.5. The summed E-state index contributed by atoms with van der Waals surface area (Å²) in [5, 5.41) is 8.17. The fourth-order valence-electron chi connectivity index (χ4n) is 3.02. The first-order chi connectivity index (χ1) is 14.6. The van der Waals surface area contributed by atoms with E-state index < -0.39 is 0 Å². The molecule has 0 spiro atoms. The van der Waals surface area contributed by atoms with Gasteiger partial charge in [-0.15, -0.1) is 0 Å². The number of hydrogen-bond donors (Lipinski definition) is 2. The molecule has 0 amide bonds. The number of anilines is 3. The Labute approximate surface area is 178 Å². The summed E-state index contributed by atoms with van der Waals surface area (Å²) in [6, 6.07) is 22.4. The topological polar surface area (TPSA) is 76.1 Å². The number of halogens is 1. The molecule has 0 aliphatic heterocycles. The number of benzene rings is 3. The van der Waals surface area contributed by atoms with E-state index in [0.717, 1.165) is 22.2 Å². The van der Waals surface area contributed by atoms with Crippen LogP contribution < -0.4 is 10.6 Å². The highest BCUT2D eigenvalue weighted by molar-refractivity contribution is 6.31. The number of para-hydroxylation sites is 1. The smallest absolute Gasteiger partial charge is 0.337 e. The van der Waals surface area contributed by atoms with E-state index >= 15 is 0 Å². The molecule has 0 radical (unpaired) electrons. The normalized spacial score (nSPS) is 10.6. The molecule has 7 heteroatoms. The standard InChI is InChI=1S/C23H19ClN4O2/c1-30-22(29)15-10-12-17(13-11-15)26-23-27-20-9-5-3-7-18(20)21(28-23)25-14-16-6-2-4-8-19(16)24/h2-13H,14H2,1H3,(H2,25,26,27,28). The molecule has 0 atom stereocenters. The van der Waals surface area contributed by atoms with Gasteiger partial charge in [-0.25, -0.2) is 9.78 Å². The monoisotopic (exact) mass is 418 g/mol. The van der Waals surface area contributed by atoms with Crippen LogP contribution in [0.1, 0.15) is 15.9 Å². The van der Waals surface area contributed by atoms with Gasteiger partial charge in [0.15, 0.2) is 0 Å². The largest absolute Gasteiger partial charge is 0.465 e. The van der Waals surface area contributed by atoms with Crippen molar-refractivity contribution < 1.29 is 9.53 Å². The van der Waals surface area contributed by atoms with Gasteiger partial charge in [-0.1, -0.05) is 41.9 Å². The summed E-state index contributed by atoms with van der Waals surface area (Å²) in [6.07, 6.45) is 0. The van der Waals surface area contributed by atoms with Crippen molar-refractivity contribution in [3.63, 3.8) is 0 Å². The minimum absolute atomic E-state index is 0.380. The molecule has 0 bridgehead atoms. The number of carbonyl (C=O) groups is 1. The molecule has 4 aromatic rings. The second kappa shape index (κ2) is 8.80. The SMILES string of the molecule is COC(=O)c1ccc(Nc2nc(NCc3ccccc3Cl)c3ccccc3n2)cc1. The number of esters is 1. The second-order valence-electron chi connectivity index (χ2n) is 6.55. The molecule has 6 nitrogen and oxygen atoms in total. The third-order valence-electron chi connectivity index (χ3n) is 4.57. The molecule has 0 saturated heterocycles. The molecular weight excluding hydrogens is 400 g/mol. The first kappa shape index (κ1) is 19.7. The van der Waals surface area contributed by atoms with E-state index in [2.05, 4.69) is 20.6 Å². The Balaban J connectivity index is 1.61. The summed E-state index contributed by atoms with van der Waals surface area (Å²) in [5.41, 5.74) is 3.03. The number of hydrogen-bond acceptors (Lipinski definition) is 6. The number of nitrogens with zero attached hydrogens (tertiary/aromatic N) is 2. The van der Waals surface area contributed by atoms with Gasteiger partial charge in [0.2, 0.25) is 5.95 Å². The van der Waals surface area contributed by atoms with Crippen molar-refractivity contribution in [2.45, 2.75) is 6.54 Å². The number of rotatable bonds is 6. The lowest BCUT2D eigenvalue weighted by molar-refractivity contribution is 0.0601. The minimum Gasteiger partial charge on any atom is -0.465 e. The van der Waals surface area contributed by atoms with Crippen molar-refractivity contribution >= 4 is 45.9 Å². The third-order valence-corrected chi connectivity index (χ3v) is 4.94. The predicted molar refractivity (Wildman–Crippen MR) is 119 cm³/mol. The van der Waals surface area contributed by atoms with Crippen molar-refractivity contribution in [2.24, 2.45) is 0 Å². The summed E-state index contributed by atoms with van der Waals surface area (Å²) >= 11 is 6.27. The van der Waals surface area contributed by atoms with Gasteiger partial charge >= 0.3 is 5.97 Å². The lowest BCUT2D eigenvalue weighted by atomic mass is 10.2. The molecule has 1 heterocycles. The Morgan fingerprint density at radius 3 is 2.47 bits per heavy atom. The summed E-state index contributed by atoms with van der Waals surface area (Å²) in [6.45, 7) is 0.536. The zero-order valence-corrected chi connectivity index (χ0v) is 17.0. The van der Waals surface area contributed by atoms with Crippen LogP contribution in [0.15, 0.2) is 72.8 Å². The molecule has 0 fully saturated rings. The average molecular weight is 419 g/mol. The van der Waals surface area contributed by atoms with Crippen LogP contribution in [0.3, 0.4) is 0 Å². The van der Waals surface area contributed by atoms with Gasteiger partial charge in [0.05, 0.1) is 18.2 Å². The first-order valence-corrected chi connectivity index (χ1v) is 9.71. The minimum atomic E-state index is -0.380. The fraction of sp³-hybridized carbons (Fsp3) is 0.0870. The van der Waals surface area contributed by atoms with E-state index in [1.807, 2.05) is 48.5 Å². The van der Waals surface area contributed by atoms with E-state index in [9.17, 15) is 4.79 Å². The number of ether oxygens (including phenoxy) is 1. The predicted octanol–water partition coefficient (Wildman–Crippen LogP) is 5.43. The van der Waals surface area contributed by atoms with Gasteiger partial charge in [-0.2, -0.15) is 4.98 Å². The van der Waals surface area contributed by atoms with Crippen molar-refractivity contribution in [1.82, 2.24) is 9.97 Å². The van der Waals surface area contributed by atoms with E-state index in [0.29, 0.717) is 28.9 Å². The summed E-state index contributed by atoms with van der Waals surface area (Å²) in [5.74, 6) is 0.768. The molecule has 4 rings (SSSR count). The molecule has 1 aromatic heterocycles. The number of carbonyl (C=O) groups excluding carboxylic acids is 1. The van der Waals surface area contributed by atoms with E-state index in [-0.39, 0.29) is 5.97 Å². The Hall–Kier alpha value is -3.64. The van der Waals surface area contributed by atoms with Gasteiger partial charge in [0, 0.05) is 22.6 Å². The Morgan fingerprint density at radius 1 is 0.967 bits per heavy atom. The second-order valence-corrected chi connectivity index (χ2v) is 6.96. The molecule has 150 valence electrons. The van der Waals surface area contributed by atoms with Crippen LogP contribution in [-0.4, -0.2) is 23.0 Å². The van der Waals surface area contributed by atoms with Crippen molar-refractivity contribution in [3.8, 4) is 0 Å². The maximum absolute atomic E-state index is 11.6. The zero-order chi connectivity index (χ0) is 20.9. The summed E-state index contributed by atoms with van der Waals surface area (Å²) in [4.78, 5) is 20.8. The number of fused-ring (bicyclic) bond motifs is 1. The fourth-order valence-corrected chi connectivity index (χ4v) is 3.23. The average Bonchev–Trinajstić information content (AvgIpc) is 2.78. The van der Waals surface area contributed by atoms with Crippen LogP contribution in [-0.2, 0) is 11.3 Å². The van der Waals surface area contributed by atoms with E-state index in [4.69, 9.17) is 16.3 Å². The van der Waals surface area contributed by atoms with Gasteiger partial charge < -0.3 is 15.4 Å². The highest BCUT2D eigenvalue weighted by Gasteiger charge is 2.10. The number of nitrogens with one attached hydrogen (secondary N) is 2. The molecule has 2 N–H and O–H groups in total. The summed E-state index contributed by atoms with van der Waals surface area (Å²) < 4.78 is 4.73. The van der Waals surface area contributed by atoms with Crippen LogP contribution in [0, 0.1) is 0 Å². The van der Waals surface area contributed by atoms with Gasteiger partial charge in [-0.3, -0.25) is 0 Å². The third kappa shape index (κ3) is 4.34. The molecule has 0 aliphatic carbocycles. The lowest BCUT2D eigenvalue weighted by Gasteiger charge is -2.13. The maximum Gasteiger partial charge on any atom is 0.337 e. The molecule has 0 unspecified atom stereocenters. The molecule has 0 aliphatic rings. The van der Waals surface area contributed by atoms with Crippen molar-refractivity contribution in [1.29, 1.82) is 0 Å². The Kier molecular flexibility index (Phi) is 5.77. The molecular formula is C23H19ClN4O2. The number of methoxy groups -OCH3 is 1. The maximum atomic E-state index is 11.6. The van der Waals surface area contributed by atoms with Crippen LogP contribution in [0.25, 0.3) is 10.9 Å². The van der Waals surface area contributed by atoms with Crippen LogP contribution in [0.5, 0.6) is 0 Å². The van der Waals surface area contributed by atoms with Crippen LogP contribution in [0.2, 0.25) is 5.02 Å². The highest BCUT2D eigenvalue weighted by Crippen LogP contribution is 2.25. The van der Waals surface area contributed by atoms with Gasteiger partial charge in [0.25, 0.3) is 0 Å². The van der Waals surface area contributed by atoms with Gasteiger partial charge in [-0.05, 0) is 48.0 Å². The van der Waals surface area contributed by atoms with Crippen LogP contribution >= 0.6 is 11.6 Å². The zero-order valence-electron chi connectivity index (χ0n) is 16.2. The molecule has 3 aromatic carbocycles. The van der Waals surface area contributed by atoms with E-state index in [1.54, 1.807) is 24.3 Å². The lowest BCUT2D eigenvalue weighted by Crippen LogP contribution is -2.06. The van der Waals surface area contributed by atoms with Crippen LogP contribution in [0.4, 0.5) is 17.5 Å². The Bertz CT molecular complexity index is 1200. The van der Waals surface area contributed by atoms with Gasteiger partial charge in [0.1, 0.15) is 5.82 Å². The summed E-state index contributed by atoms with van der Waals surface area (Å²) in [7, 11) is 1.36. The first-order valence-electron chi connectivity index (χ1n) is 9.33. The van der Waals surface area contributed by atoms with E-state index in [1.165, 1.54) is 7.11 Å². The van der Waals surface area contributed by atoms with Crippen molar-refractivity contribution in [2.75, 3.05) is 17.7 Å². The molecule has 0 saturated carbocycles. The Morgan fingerprint density at radius 2 is 1.70 bits per heavy atom. The molecule has 30 heavy (non-hydrogen) atoms.